The van der Waals surface area contributed by atoms with E-state index in [2.05, 4.69) is 194 Å². The summed E-state index contributed by atoms with van der Waals surface area (Å²) >= 11 is -0.957. The van der Waals surface area contributed by atoms with Gasteiger partial charge in [0.05, 0.1) is 0 Å². The minimum atomic E-state index is -0.479. The Morgan fingerprint density at radius 2 is 0.609 bits per heavy atom. The second kappa shape index (κ2) is 12.6. The fourth-order valence-electron chi connectivity index (χ4n) is 12.1. The molecule has 0 amide bonds. The van der Waals surface area contributed by atoms with Gasteiger partial charge in [0.15, 0.2) is 0 Å². The van der Waals surface area contributed by atoms with Crippen LogP contribution in [0.2, 0.25) is 0 Å². The standard InChI is InChI=1S/C62H32Te2/c1-3-19-53-39(13-1)41-23-21-35(29-55(41)63-53)59-45-27-25-38-37(49(45)31-51-43-15-5-9-33-11-7-17-47(57(33)43)61(51)59)26-28-46-50(38)32-52-44-16-6-10-34-12-8-18-48(58(34)44)62(52)60(46)36-22-24-42-40-14-2-4-20-54(40)64-56(42)30-36/h1-32H. The summed E-state index contributed by atoms with van der Waals surface area (Å²) < 4.78 is 6.20. The molecule has 14 aromatic rings. The quantitative estimate of drug-likeness (QED) is 0.120. The van der Waals surface area contributed by atoms with Gasteiger partial charge in [-0.05, 0) is 0 Å². The Morgan fingerprint density at radius 1 is 0.219 bits per heavy atom. The van der Waals surface area contributed by atoms with Crippen LogP contribution in [0.3, 0.4) is 0 Å². The van der Waals surface area contributed by atoms with Gasteiger partial charge in [0.2, 0.25) is 0 Å². The Bertz CT molecular complexity index is 4180. The topological polar surface area (TPSA) is 0 Å². The molecule has 2 heteroatoms. The van der Waals surface area contributed by atoms with E-state index < -0.39 is 40.9 Å². The van der Waals surface area contributed by atoms with E-state index in [1.165, 1.54) is 142 Å². The fourth-order valence-corrected chi connectivity index (χ4v) is 18.6. The average molecular weight is 1030 g/mol. The molecular formula is C62H32Te2. The summed E-state index contributed by atoms with van der Waals surface area (Å²) in [5, 5.41) is 19.0. The van der Waals surface area contributed by atoms with Crippen LogP contribution in [0, 0.1) is 0 Å². The molecule has 16 rings (SSSR count). The first kappa shape index (κ1) is 34.9. The molecule has 0 spiro atoms. The van der Waals surface area contributed by atoms with Crippen molar-refractivity contribution in [3.05, 3.63) is 194 Å². The first-order valence-corrected chi connectivity index (χ1v) is 26.8. The third-order valence-electron chi connectivity index (χ3n) is 14.7. The second-order valence-electron chi connectivity index (χ2n) is 17.8. The van der Waals surface area contributed by atoms with Crippen LogP contribution in [0.4, 0.5) is 0 Å². The van der Waals surface area contributed by atoms with Gasteiger partial charge in [-0.3, -0.25) is 0 Å². The van der Waals surface area contributed by atoms with Crippen LogP contribution >= 0.6 is 0 Å². The molecule has 0 bridgehead atoms. The van der Waals surface area contributed by atoms with Crippen LogP contribution in [0.5, 0.6) is 0 Å². The molecule has 12 aromatic carbocycles. The molecule has 0 fully saturated rings. The molecule has 0 saturated carbocycles. The zero-order valence-corrected chi connectivity index (χ0v) is 39.0. The predicted molar refractivity (Wildman–Crippen MR) is 278 cm³/mol. The molecule has 0 radical (unpaired) electrons. The van der Waals surface area contributed by atoms with Gasteiger partial charge in [-0.25, -0.2) is 0 Å². The molecule has 0 saturated heterocycles. The van der Waals surface area contributed by atoms with Gasteiger partial charge < -0.3 is 0 Å². The van der Waals surface area contributed by atoms with E-state index in [9.17, 15) is 0 Å². The Labute approximate surface area is 387 Å². The predicted octanol–water partition coefficient (Wildman–Crippen LogP) is 16.8. The van der Waals surface area contributed by atoms with E-state index in [0.29, 0.717) is 0 Å². The SMILES string of the molecule is c1cc2c3c(cccc3c1)-c1c-2cc2c(ccc3c4cc5c(c(-c6ccc7c(c6)[te]c6ccccc67)c4ccc23)-c2cccc3cccc-5c23)c1-c1ccc2c(c1)[te]c1ccccc12. The first-order valence-electron chi connectivity index (χ1n) is 22.1. The van der Waals surface area contributed by atoms with Crippen molar-refractivity contribution in [1.29, 1.82) is 0 Å². The van der Waals surface area contributed by atoms with E-state index >= 15 is 0 Å². The zero-order valence-electron chi connectivity index (χ0n) is 34.3. The van der Waals surface area contributed by atoms with E-state index in [-0.39, 0.29) is 0 Å². The van der Waals surface area contributed by atoms with E-state index in [1.54, 1.807) is 13.6 Å². The molecule has 0 atom stereocenters. The van der Waals surface area contributed by atoms with Gasteiger partial charge in [0, 0.05) is 0 Å². The van der Waals surface area contributed by atoms with E-state index in [1.807, 2.05) is 0 Å². The normalized spacial score (nSPS) is 12.7. The van der Waals surface area contributed by atoms with Crippen LogP contribution in [-0.4, -0.2) is 40.9 Å². The third kappa shape index (κ3) is 4.50. The number of fused-ring (bicyclic) bond motifs is 17. The van der Waals surface area contributed by atoms with Gasteiger partial charge in [0.25, 0.3) is 0 Å². The molecule has 0 nitrogen and oxygen atoms in total. The van der Waals surface area contributed by atoms with Crippen molar-refractivity contribution in [2.45, 2.75) is 0 Å². The summed E-state index contributed by atoms with van der Waals surface area (Å²) in [7, 11) is 0. The summed E-state index contributed by atoms with van der Waals surface area (Å²) in [6, 6.07) is 75.4. The minimum absolute atomic E-state index is 0.479. The van der Waals surface area contributed by atoms with Crippen LogP contribution in [0.15, 0.2) is 194 Å². The van der Waals surface area contributed by atoms with Crippen LogP contribution in [0.25, 0.3) is 156 Å². The molecule has 2 aliphatic carbocycles. The summed E-state index contributed by atoms with van der Waals surface area (Å²) in [6.07, 6.45) is 0. The van der Waals surface area contributed by atoms with Crippen molar-refractivity contribution in [1.82, 2.24) is 0 Å². The maximum atomic E-state index is 2.56. The second-order valence-corrected chi connectivity index (χ2v) is 24.0. The summed E-state index contributed by atoms with van der Waals surface area (Å²) in [6.45, 7) is 0. The van der Waals surface area contributed by atoms with Crippen LogP contribution in [-0.2, 0) is 0 Å². The Balaban J connectivity index is 1.03. The van der Waals surface area contributed by atoms with E-state index in [0.717, 1.165) is 0 Å². The van der Waals surface area contributed by atoms with E-state index in [4.69, 9.17) is 0 Å². The van der Waals surface area contributed by atoms with Crippen LogP contribution < -0.4 is 0 Å². The number of hydrogen-bond acceptors (Lipinski definition) is 0. The molecular weight excluding hydrogens is 1000 g/mol. The average Bonchev–Trinajstić information content (AvgIpc) is 4.09. The van der Waals surface area contributed by atoms with Crippen LogP contribution in [0.1, 0.15) is 0 Å². The van der Waals surface area contributed by atoms with Crippen molar-refractivity contribution in [3.8, 4) is 66.8 Å². The monoisotopic (exact) mass is 1040 g/mol. The Morgan fingerprint density at radius 3 is 1.08 bits per heavy atom. The molecule has 0 unspecified atom stereocenters. The molecule has 64 heavy (non-hydrogen) atoms. The molecule has 2 heterocycles. The van der Waals surface area contributed by atoms with Gasteiger partial charge in [-0.15, -0.1) is 0 Å². The molecule has 2 aromatic heterocycles. The fraction of sp³-hybridized carbons (Fsp3) is 0. The molecule has 2 aliphatic rings. The Kier molecular flexibility index (Phi) is 6.89. The van der Waals surface area contributed by atoms with Crippen molar-refractivity contribution >= 4 is 130 Å². The van der Waals surface area contributed by atoms with Gasteiger partial charge in [-0.2, -0.15) is 0 Å². The molecule has 292 valence electrons. The summed E-state index contributed by atoms with van der Waals surface area (Å²) in [5.74, 6) is 0. The van der Waals surface area contributed by atoms with Crippen molar-refractivity contribution < 1.29 is 0 Å². The van der Waals surface area contributed by atoms with Crippen molar-refractivity contribution in [3.63, 3.8) is 0 Å². The number of rotatable bonds is 2. The van der Waals surface area contributed by atoms with Crippen molar-refractivity contribution in [2.75, 3.05) is 0 Å². The van der Waals surface area contributed by atoms with Gasteiger partial charge in [-0.1, -0.05) is 0 Å². The van der Waals surface area contributed by atoms with Gasteiger partial charge in [0.1, 0.15) is 0 Å². The van der Waals surface area contributed by atoms with Gasteiger partial charge >= 0.3 is 391 Å². The first-order chi connectivity index (χ1) is 31.7. The third-order valence-corrected chi connectivity index (χ3v) is 21.2. The molecule has 0 N–H and O–H groups in total. The summed E-state index contributed by atoms with van der Waals surface area (Å²) in [5.41, 5.74) is 16.2. The summed E-state index contributed by atoms with van der Waals surface area (Å²) in [4.78, 5) is 0. The number of benzene rings is 12. The van der Waals surface area contributed by atoms with Crippen molar-refractivity contribution in [2.24, 2.45) is 0 Å². The zero-order chi connectivity index (χ0) is 41.4. The number of hydrogen-bond donors (Lipinski definition) is 0. The molecule has 0 aliphatic heterocycles. The Hall–Kier alpha value is -6.48. The maximum absolute atomic E-state index is 2.56.